The molecule has 3 rings (SSSR count). The summed E-state index contributed by atoms with van der Waals surface area (Å²) in [5.74, 6) is 3.36. The summed E-state index contributed by atoms with van der Waals surface area (Å²) in [6.45, 7) is 2.75. The van der Waals surface area contributed by atoms with Gasteiger partial charge in [-0.15, -0.1) is 0 Å². The Balaban J connectivity index is 1.45. The molecule has 1 aromatic carbocycles. The number of rotatable bonds is 8. The van der Waals surface area contributed by atoms with Gasteiger partial charge in [-0.3, -0.25) is 0 Å². The van der Waals surface area contributed by atoms with Gasteiger partial charge in [0.25, 0.3) is 0 Å². The van der Waals surface area contributed by atoms with Crippen molar-refractivity contribution in [1.29, 1.82) is 0 Å². The third-order valence-corrected chi connectivity index (χ3v) is 3.82. The van der Waals surface area contributed by atoms with Crippen molar-refractivity contribution in [3.05, 3.63) is 60.6 Å². The molecule has 0 fully saturated rings. The fourth-order valence-electron chi connectivity index (χ4n) is 2.51. The topological polar surface area (TPSA) is 113 Å². The van der Waals surface area contributed by atoms with Crippen LogP contribution in [0.1, 0.15) is 5.82 Å². The number of nitrogens with one attached hydrogen (secondary N) is 4. The normalized spacial score (nSPS) is 10.1. The summed E-state index contributed by atoms with van der Waals surface area (Å²) in [5.41, 5.74) is 0.688. The number of amides is 2. The number of nitrogens with zero attached hydrogens (tertiary/aromatic N) is 3. The molecular weight excluding hydrogens is 370 g/mol. The van der Waals surface area contributed by atoms with E-state index in [-0.39, 0.29) is 6.03 Å². The van der Waals surface area contributed by atoms with Gasteiger partial charge in [0.05, 0.1) is 7.11 Å². The predicted octanol–water partition coefficient (Wildman–Crippen LogP) is 3.17. The van der Waals surface area contributed by atoms with Crippen molar-refractivity contribution in [2.75, 3.05) is 36.1 Å². The molecule has 4 N–H and O–H groups in total. The second-order valence-corrected chi connectivity index (χ2v) is 6.06. The molecule has 150 valence electrons. The fraction of sp³-hybridized carbons (Fsp3) is 0.200. The van der Waals surface area contributed by atoms with Crippen LogP contribution in [-0.4, -0.2) is 41.2 Å². The Morgan fingerprint density at radius 1 is 1.00 bits per heavy atom. The van der Waals surface area contributed by atoms with Crippen molar-refractivity contribution in [1.82, 2.24) is 20.3 Å². The third kappa shape index (κ3) is 6.35. The highest BCUT2D eigenvalue weighted by Gasteiger charge is 2.04. The zero-order chi connectivity index (χ0) is 20.5. The first-order valence-corrected chi connectivity index (χ1v) is 9.09. The van der Waals surface area contributed by atoms with Crippen molar-refractivity contribution >= 4 is 29.2 Å². The highest BCUT2D eigenvalue weighted by Crippen LogP contribution is 2.16. The number of hydrogen-bond acceptors (Lipinski definition) is 7. The Labute approximate surface area is 169 Å². The number of ether oxygens (including phenoxy) is 1. The lowest BCUT2D eigenvalue weighted by Crippen LogP contribution is -2.32. The quantitative estimate of drug-likeness (QED) is 0.435. The molecule has 0 aliphatic carbocycles. The molecule has 0 radical (unpaired) electrons. The zero-order valence-electron chi connectivity index (χ0n) is 16.3. The van der Waals surface area contributed by atoms with Crippen LogP contribution in [0.15, 0.2) is 54.7 Å². The van der Waals surface area contributed by atoms with Crippen LogP contribution in [0.4, 0.5) is 27.9 Å². The van der Waals surface area contributed by atoms with Crippen molar-refractivity contribution < 1.29 is 9.53 Å². The highest BCUT2D eigenvalue weighted by atomic mass is 16.5. The van der Waals surface area contributed by atoms with Crippen LogP contribution in [0.25, 0.3) is 0 Å². The number of aromatic nitrogens is 3. The number of carbonyl (C=O) groups is 1. The van der Waals surface area contributed by atoms with E-state index < -0.39 is 0 Å². The molecule has 2 amide bonds. The molecule has 29 heavy (non-hydrogen) atoms. The van der Waals surface area contributed by atoms with Crippen LogP contribution in [-0.2, 0) is 0 Å². The van der Waals surface area contributed by atoms with Gasteiger partial charge in [0.2, 0.25) is 0 Å². The number of benzene rings is 1. The number of aryl methyl sites for hydroxylation is 1. The van der Waals surface area contributed by atoms with E-state index in [2.05, 4.69) is 36.2 Å². The molecule has 0 atom stereocenters. The third-order valence-electron chi connectivity index (χ3n) is 3.82. The average Bonchev–Trinajstić information content (AvgIpc) is 2.72. The lowest BCUT2D eigenvalue weighted by Gasteiger charge is -2.11. The molecule has 0 aliphatic rings. The first kappa shape index (κ1) is 19.9. The Morgan fingerprint density at radius 3 is 2.52 bits per heavy atom. The Kier molecular flexibility index (Phi) is 6.77. The smallest absolute Gasteiger partial charge is 0.319 e. The second kappa shape index (κ2) is 9.88. The number of methoxy groups -OCH3 is 1. The molecule has 0 saturated carbocycles. The Bertz CT molecular complexity index is 933. The van der Waals surface area contributed by atoms with Crippen molar-refractivity contribution in [2.45, 2.75) is 6.92 Å². The largest absolute Gasteiger partial charge is 0.497 e. The van der Waals surface area contributed by atoms with Crippen LogP contribution in [0.3, 0.4) is 0 Å². The lowest BCUT2D eigenvalue weighted by molar-refractivity contribution is 0.252. The minimum Gasteiger partial charge on any atom is -0.497 e. The molecule has 3 aromatic rings. The fourth-order valence-corrected chi connectivity index (χ4v) is 2.51. The SMILES string of the molecule is COc1ccc(NC(=O)NCCNc2cc(Nc3ccccn3)nc(C)n2)cc1. The first-order chi connectivity index (χ1) is 14.1. The predicted molar refractivity (Wildman–Crippen MR) is 113 cm³/mol. The van der Waals surface area contributed by atoms with E-state index in [1.165, 1.54) is 0 Å². The molecule has 2 aromatic heterocycles. The molecule has 0 unspecified atom stereocenters. The lowest BCUT2D eigenvalue weighted by atomic mass is 10.3. The summed E-state index contributed by atoms with van der Waals surface area (Å²) < 4.78 is 5.09. The number of anilines is 4. The van der Waals surface area contributed by atoms with E-state index >= 15 is 0 Å². The molecule has 0 spiro atoms. The molecule has 2 heterocycles. The van der Waals surface area contributed by atoms with E-state index in [0.29, 0.717) is 42.1 Å². The number of pyridine rings is 1. The van der Waals surface area contributed by atoms with Gasteiger partial charge in [-0.25, -0.2) is 19.7 Å². The highest BCUT2D eigenvalue weighted by molar-refractivity contribution is 5.89. The van der Waals surface area contributed by atoms with E-state index in [0.717, 1.165) is 5.75 Å². The molecule has 0 bridgehead atoms. The van der Waals surface area contributed by atoms with Gasteiger partial charge in [0.1, 0.15) is 29.0 Å². The first-order valence-electron chi connectivity index (χ1n) is 9.09. The van der Waals surface area contributed by atoms with Crippen molar-refractivity contribution in [2.24, 2.45) is 0 Å². The Morgan fingerprint density at radius 2 is 1.79 bits per heavy atom. The maximum absolute atomic E-state index is 12.0. The van der Waals surface area contributed by atoms with Crippen LogP contribution >= 0.6 is 0 Å². The monoisotopic (exact) mass is 393 g/mol. The summed E-state index contributed by atoms with van der Waals surface area (Å²) in [6.07, 6.45) is 1.71. The van der Waals surface area contributed by atoms with Crippen molar-refractivity contribution in [3.8, 4) is 5.75 Å². The van der Waals surface area contributed by atoms with E-state index in [9.17, 15) is 4.79 Å². The van der Waals surface area contributed by atoms with Gasteiger partial charge in [0.15, 0.2) is 0 Å². The Hall–Kier alpha value is -3.88. The molecular formula is C20H23N7O2. The van der Waals surface area contributed by atoms with E-state index in [4.69, 9.17) is 4.74 Å². The summed E-state index contributed by atoms with van der Waals surface area (Å²) >= 11 is 0. The van der Waals surface area contributed by atoms with Gasteiger partial charge in [-0.2, -0.15) is 0 Å². The number of hydrogen-bond donors (Lipinski definition) is 4. The summed E-state index contributed by atoms with van der Waals surface area (Å²) in [6, 6.07) is 14.2. The summed E-state index contributed by atoms with van der Waals surface area (Å²) in [4.78, 5) is 24.9. The van der Waals surface area contributed by atoms with Gasteiger partial charge in [0, 0.05) is 31.0 Å². The number of urea groups is 1. The van der Waals surface area contributed by atoms with Crippen LogP contribution in [0, 0.1) is 6.92 Å². The van der Waals surface area contributed by atoms with Crippen LogP contribution in [0.5, 0.6) is 5.75 Å². The maximum Gasteiger partial charge on any atom is 0.319 e. The van der Waals surface area contributed by atoms with Crippen LogP contribution in [0.2, 0.25) is 0 Å². The van der Waals surface area contributed by atoms with E-state index in [1.54, 1.807) is 43.6 Å². The number of carbonyl (C=O) groups excluding carboxylic acids is 1. The molecule has 0 aliphatic heterocycles. The van der Waals surface area contributed by atoms with Gasteiger partial charge in [-0.05, 0) is 43.3 Å². The van der Waals surface area contributed by atoms with E-state index in [1.807, 2.05) is 25.1 Å². The molecule has 0 saturated heterocycles. The van der Waals surface area contributed by atoms with Gasteiger partial charge < -0.3 is 26.0 Å². The average molecular weight is 393 g/mol. The second-order valence-electron chi connectivity index (χ2n) is 6.06. The minimum atomic E-state index is -0.284. The standard InChI is InChI=1S/C20H23N7O2/c1-14-24-18(13-19(25-14)27-17-5-3-4-10-21-17)22-11-12-23-20(28)26-15-6-8-16(29-2)9-7-15/h3-10,13H,11-12H2,1-2H3,(H2,23,26,28)(H2,21,22,24,25,27). The minimum absolute atomic E-state index is 0.284. The summed E-state index contributed by atoms with van der Waals surface area (Å²) in [5, 5.41) is 11.9. The zero-order valence-corrected chi connectivity index (χ0v) is 16.3. The van der Waals surface area contributed by atoms with Gasteiger partial charge >= 0.3 is 6.03 Å². The molecule has 9 heteroatoms. The summed E-state index contributed by atoms with van der Waals surface area (Å²) in [7, 11) is 1.60. The van der Waals surface area contributed by atoms with Crippen molar-refractivity contribution in [3.63, 3.8) is 0 Å². The molecule has 9 nitrogen and oxygen atoms in total. The van der Waals surface area contributed by atoms with Gasteiger partial charge in [-0.1, -0.05) is 6.07 Å². The van der Waals surface area contributed by atoms with Crippen LogP contribution < -0.4 is 26.0 Å². The maximum atomic E-state index is 12.0.